The fourth-order valence-electron chi connectivity index (χ4n) is 2.73. The number of methoxy groups -OCH3 is 1. The van der Waals surface area contributed by atoms with Crippen LogP contribution in [0.4, 0.5) is 11.4 Å². The summed E-state index contributed by atoms with van der Waals surface area (Å²) in [7, 11) is 1.70. The Morgan fingerprint density at radius 1 is 1.40 bits per heavy atom. The Bertz CT molecular complexity index is 464. The van der Waals surface area contributed by atoms with Crippen molar-refractivity contribution in [1.82, 2.24) is 0 Å². The molecule has 1 fully saturated rings. The molecular formula is C16H24N2O2. The molecule has 4 nitrogen and oxygen atoms in total. The van der Waals surface area contributed by atoms with Gasteiger partial charge in [0.05, 0.1) is 23.4 Å². The Labute approximate surface area is 120 Å². The van der Waals surface area contributed by atoms with E-state index in [1.807, 2.05) is 24.3 Å². The molecule has 0 aromatic heterocycles. The summed E-state index contributed by atoms with van der Waals surface area (Å²) in [5.41, 5.74) is 7.22. The van der Waals surface area contributed by atoms with E-state index in [1.165, 1.54) is 0 Å². The second kappa shape index (κ2) is 6.27. The quantitative estimate of drug-likeness (QED) is 0.813. The minimum atomic E-state index is -0.243. The van der Waals surface area contributed by atoms with Gasteiger partial charge in [0.25, 0.3) is 0 Å². The van der Waals surface area contributed by atoms with E-state index in [4.69, 9.17) is 10.5 Å². The maximum Gasteiger partial charge on any atom is 0.229 e. The van der Waals surface area contributed by atoms with Gasteiger partial charge >= 0.3 is 0 Å². The number of anilines is 2. The van der Waals surface area contributed by atoms with Gasteiger partial charge in [0.1, 0.15) is 0 Å². The largest absolute Gasteiger partial charge is 0.397 e. The molecule has 2 rings (SSSR count). The lowest BCUT2D eigenvalue weighted by Crippen LogP contribution is -2.45. The number of ether oxygens (including phenoxy) is 1. The van der Waals surface area contributed by atoms with Gasteiger partial charge in [-0.2, -0.15) is 0 Å². The Balaban J connectivity index is 2.16. The first-order valence-electron chi connectivity index (χ1n) is 7.32. The summed E-state index contributed by atoms with van der Waals surface area (Å²) in [6, 6.07) is 7.54. The topological polar surface area (TPSA) is 55.6 Å². The molecule has 2 N–H and O–H groups in total. The Hall–Kier alpha value is -1.55. The Kier molecular flexibility index (Phi) is 4.65. The van der Waals surface area contributed by atoms with E-state index in [0.717, 1.165) is 31.4 Å². The minimum absolute atomic E-state index is 0.103. The molecule has 0 radical (unpaired) electrons. The first-order chi connectivity index (χ1) is 9.62. The number of benzene rings is 1. The Morgan fingerprint density at radius 2 is 2.10 bits per heavy atom. The molecule has 0 spiro atoms. The maximum atomic E-state index is 12.6. The zero-order valence-corrected chi connectivity index (χ0v) is 12.4. The molecule has 1 aromatic carbocycles. The van der Waals surface area contributed by atoms with Crippen LogP contribution in [0.2, 0.25) is 0 Å². The zero-order chi connectivity index (χ0) is 14.6. The normalized spacial score (nSPS) is 16.5. The summed E-state index contributed by atoms with van der Waals surface area (Å²) in [5, 5.41) is 0. The molecule has 1 saturated carbocycles. The lowest BCUT2D eigenvalue weighted by molar-refractivity contribution is -0.131. The number of nitrogen functional groups attached to an aromatic ring is 1. The van der Waals surface area contributed by atoms with Crippen molar-refractivity contribution in [3.63, 3.8) is 0 Å². The molecule has 0 atom stereocenters. The maximum absolute atomic E-state index is 12.6. The third-order valence-corrected chi connectivity index (χ3v) is 4.15. The number of hydrogen-bond donors (Lipinski definition) is 1. The summed E-state index contributed by atoms with van der Waals surface area (Å²) in [6.45, 7) is 2.75. The van der Waals surface area contributed by atoms with Crippen LogP contribution in [-0.2, 0) is 9.53 Å². The van der Waals surface area contributed by atoms with Crippen LogP contribution < -0.4 is 10.6 Å². The number of amides is 1. The first-order valence-corrected chi connectivity index (χ1v) is 7.32. The second-order valence-corrected chi connectivity index (χ2v) is 5.52. The molecule has 0 aliphatic heterocycles. The highest BCUT2D eigenvalue weighted by Gasteiger charge is 2.40. The van der Waals surface area contributed by atoms with Crippen LogP contribution in [0.15, 0.2) is 24.3 Å². The van der Waals surface area contributed by atoms with Crippen molar-refractivity contribution in [3.8, 4) is 0 Å². The standard InChI is InChI=1S/C16H24N2O2/c1-3-11-18(14-8-5-4-7-13(14)17)15(19)12-16(20-2)9-6-10-16/h4-5,7-8H,3,6,9-12,17H2,1-2H3. The minimum Gasteiger partial charge on any atom is -0.397 e. The average Bonchev–Trinajstić information content (AvgIpc) is 2.41. The fraction of sp³-hybridized carbons (Fsp3) is 0.562. The summed E-state index contributed by atoms with van der Waals surface area (Å²) in [5.74, 6) is 0.103. The number of carbonyl (C=O) groups excluding carboxylic acids is 1. The van der Waals surface area contributed by atoms with Gasteiger partial charge in [0.15, 0.2) is 0 Å². The van der Waals surface area contributed by atoms with Crippen molar-refractivity contribution < 1.29 is 9.53 Å². The van der Waals surface area contributed by atoms with Gasteiger partial charge in [-0.25, -0.2) is 0 Å². The molecule has 0 saturated heterocycles. The highest BCUT2D eigenvalue weighted by Crippen LogP contribution is 2.39. The first kappa shape index (κ1) is 14.9. The van der Waals surface area contributed by atoms with Gasteiger partial charge in [-0.05, 0) is 37.8 Å². The molecular weight excluding hydrogens is 252 g/mol. The lowest BCUT2D eigenvalue weighted by atomic mass is 9.77. The van der Waals surface area contributed by atoms with Crippen molar-refractivity contribution in [2.45, 2.75) is 44.6 Å². The molecule has 1 amide bonds. The van der Waals surface area contributed by atoms with Gasteiger partial charge in [-0.1, -0.05) is 19.1 Å². The van der Waals surface area contributed by atoms with E-state index in [2.05, 4.69) is 6.92 Å². The van der Waals surface area contributed by atoms with Crippen LogP contribution in [0.3, 0.4) is 0 Å². The van der Waals surface area contributed by atoms with E-state index < -0.39 is 0 Å². The molecule has 0 unspecified atom stereocenters. The smallest absolute Gasteiger partial charge is 0.229 e. The van der Waals surface area contributed by atoms with E-state index in [9.17, 15) is 4.79 Å². The fourth-order valence-corrected chi connectivity index (χ4v) is 2.73. The highest BCUT2D eigenvalue weighted by molar-refractivity contribution is 5.96. The zero-order valence-electron chi connectivity index (χ0n) is 12.4. The number of carbonyl (C=O) groups is 1. The van der Waals surface area contributed by atoms with Crippen LogP contribution >= 0.6 is 0 Å². The van der Waals surface area contributed by atoms with E-state index >= 15 is 0 Å². The third kappa shape index (κ3) is 2.96. The lowest BCUT2D eigenvalue weighted by Gasteiger charge is -2.41. The number of nitrogens with zero attached hydrogens (tertiary/aromatic N) is 1. The molecule has 1 aliphatic rings. The third-order valence-electron chi connectivity index (χ3n) is 4.15. The van der Waals surface area contributed by atoms with Crippen LogP contribution in [0.25, 0.3) is 0 Å². The van der Waals surface area contributed by atoms with Gasteiger partial charge < -0.3 is 15.4 Å². The molecule has 4 heteroatoms. The van der Waals surface area contributed by atoms with Crippen molar-refractivity contribution in [3.05, 3.63) is 24.3 Å². The average molecular weight is 276 g/mol. The van der Waals surface area contributed by atoms with E-state index in [0.29, 0.717) is 18.7 Å². The molecule has 110 valence electrons. The predicted octanol–water partition coefficient (Wildman–Crippen LogP) is 2.97. The number of para-hydroxylation sites is 2. The SMILES string of the molecule is CCCN(C(=O)CC1(OC)CCC1)c1ccccc1N. The van der Waals surface area contributed by atoms with Crippen molar-refractivity contribution in [1.29, 1.82) is 0 Å². The molecule has 1 aliphatic carbocycles. The van der Waals surface area contributed by atoms with Crippen LogP contribution in [0.5, 0.6) is 0 Å². The van der Waals surface area contributed by atoms with Crippen molar-refractivity contribution in [2.75, 3.05) is 24.3 Å². The highest BCUT2D eigenvalue weighted by atomic mass is 16.5. The summed E-state index contributed by atoms with van der Waals surface area (Å²) < 4.78 is 5.56. The molecule has 0 heterocycles. The van der Waals surface area contributed by atoms with Gasteiger partial charge in [0, 0.05) is 13.7 Å². The molecule has 1 aromatic rings. The van der Waals surface area contributed by atoms with Crippen LogP contribution in [-0.4, -0.2) is 25.2 Å². The number of nitrogens with two attached hydrogens (primary N) is 1. The summed E-state index contributed by atoms with van der Waals surface area (Å²) in [4.78, 5) is 14.4. The van der Waals surface area contributed by atoms with Gasteiger partial charge in [-0.3, -0.25) is 4.79 Å². The van der Waals surface area contributed by atoms with Crippen LogP contribution in [0, 0.1) is 0 Å². The number of rotatable bonds is 6. The number of hydrogen-bond acceptors (Lipinski definition) is 3. The monoisotopic (exact) mass is 276 g/mol. The van der Waals surface area contributed by atoms with Crippen molar-refractivity contribution in [2.24, 2.45) is 0 Å². The van der Waals surface area contributed by atoms with Gasteiger partial charge in [0.2, 0.25) is 5.91 Å². The summed E-state index contributed by atoms with van der Waals surface area (Å²) in [6.07, 6.45) is 4.43. The Morgan fingerprint density at radius 3 is 2.60 bits per heavy atom. The van der Waals surface area contributed by atoms with Gasteiger partial charge in [-0.15, -0.1) is 0 Å². The molecule has 20 heavy (non-hydrogen) atoms. The molecule has 0 bridgehead atoms. The van der Waals surface area contributed by atoms with Crippen molar-refractivity contribution >= 4 is 17.3 Å². The predicted molar refractivity (Wildman–Crippen MR) is 81.7 cm³/mol. The second-order valence-electron chi connectivity index (χ2n) is 5.52. The van der Waals surface area contributed by atoms with E-state index in [-0.39, 0.29) is 11.5 Å². The van der Waals surface area contributed by atoms with Crippen LogP contribution in [0.1, 0.15) is 39.0 Å². The van der Waals surface area contributed by atoms with E-state index in [1.54, 1.807) is 12.0 Å². The summed E-state index contributed by atoms with van der Waals surface area (Å²) >= 11 is 0.